The molecule has 0 fully saturated rings. The molecule has 0 spiro atoms. The molecule has 39 heavy (non-hydrogen) atoms. The van der Waals surface area contributed by atoms with E-state index in [9.17, 15) is 23.4 Å². The number of H-pyrrole nitrogens is 1. The summed E-state index contributed by atoms with van der Waals surface area (Å²) in [7, 11) is 0. The van der Waals surface area contributed by atoms with Gasteiger partial charge in [0.05, 0.1) is 31.6 Å². The van der Waals surface area contributed by atoms with E-state index in [1.54, 1.807) is 31.5 Å². The summed E-state index contributed by atoms with van der Waals surface area (Å²) in [6.07, 6.45) is 3.00. The van der Waals surface area contributed by atoms with E-state index in [1.165, 1.54) is 4.90 Å². The number of aromatic amines is 1. The van der Waals surface area contributed by atoms with Crippen LogP contribution in [0.4, 0.5) is 22.0 Å². The summed E-state index contributed by atoms with van der Waals surface area (Å²) < 4.78 is 72.5. The molecule has 212 valence electrons. The topological polar surface area (TPSA) is 84.4 Å². The number of hydrogen-bond donors (Lipinski definition) is 4. The van der Waals surface area contributed by atoms with Crippen molar-refractivity contribution < 1.29 is 32.2 Å². The zero-order valence-electron chi connectivity index (χ0n) is 21.6. The number of halogens is 5. The monoisotopic (exact) mass is 552 g/mol. The highest BCUT2D eigenvalue weighted by molar-refractivity contribution is 5.64. The van der Waals surface area contributed by atoms with Crippen molar-refractivity contribution in [1.82, 2.24) is 20.4 Å². The molecule has 1 unspecified atom stereocenters. The van der Waals surface area contributed by atoms with E-state index in [2.05, 4.69) is 15.5 Å². The number of rotatable bonds is 12. The molecule has 1 aliphatic rings. The van der Waals surface area contributed by atoms with Gasteiger partial charge in [0.15, 0.2) is 0 Å². The van der Waals surface area contributed by atoms with Crippen LogP contribution in [0.5, 0.6) is 0 Å². The molecule has 2 heterocycles. The Morgan fingerprint density at radius 2 is 1.90 bits per heavy atom. The van der Waals surface area contributed by atoms with Gasteiger partial charge in [-0.15, -0.1) is 0 Å². The fourth-order valence-corrected chi connectivity index (χ4v) is 5.17. The molecule has 6 nitrogen and oxygen atoms in total. The SMILES string of the molecule is C[C@@H]1Cc2cc(-c3cn[nH]c3)ccc2[C@@H](c2c(F)cc(C(O)CCNCCCF)cc2F)N1CC(F)(F)CO. The van der Waals surface area contributed by atoms with Gasteiger partial charge in [-0.05, 0) is 73.7 Å². The van der Waals surface area contributed by atoms with Crippen LogP contribution in [-0.2, 0) is 6.42 Å². The van der Waals surface area contributed by atoms with E-state index in [-0.39, 0.29) is 12.0 Å². The largest absolute Gasteiger partial charge is 0.390 e. The van der Waals surface area contributed by atoms with Gasteiger partial charge in [-0.1, -0.05) is 18.2 Å². The predicted octanol–water partition coefficient (Wildman–Crippen LogP) is 4.69. The Bertz CT molecular complexity index is 1220. The van der Waals surface area contributed by atoms with E-state index in [4.69, 9.17) is 0 Å². The van der Waals surface area contributed by atoms with E-state index < -0.39 is 61.1 Å². The molecule has 2 aromatic carbocycles. The van der Waals surface area contributed by atoms with Crippen molar-refractivity contribution in [3.8, 4) is 11.1 Å². The second kappa shape index (κ2) is 12.5. The first kappa shape index (κ1) is 29.1. The molecule has 0 saturated heterocycles. The zero-order valence-corrected chi connectivity index (χ0v) is 21.6. The van der Waals surface area contributed by atoms with Gasteiger partial charge in [0.1, 0.15) is 18.2 Å². The van der Waals surface area contributed by atoms with E-state index in [0.29, 0.717) is 31.5 Å². The molecule has 3 atom stereocenters. The average Bonchev–Trinajstić information content (AvgIpc) is 3.44. The smallest absolute Gasteiger partial charge is 0.283 e. The molecular weight excluding hydrogens is 519 g/mol. The van der Waals surface area contributed by atoms with Gasteiger partial charge in [-0.25, -0.2) is 17.6 Å². The summed E-state index contributed by atoms with van der Waals surface area (Å²) in [6.45, 7) is -0.319. The molecule has 0 saturated carbocycles. The summed E-state index contributed by atoms with van der Waals surface area (Å²) in [4.78, 5) is 1.32. The van der Waals surface area contributed by atoms with Crippen molar-refractivity contribution >= 4 is 0 Å². The molecule has 0 aliphatic carbocycles. The quantitative estimate of drug-likeness (QED) is 0.194. The molecule has 0 amide bonds. The number of hydrogen-bond acceptors (Lipinski definition) is 5. The van der Waals surface area contributed by atoms with Crippen molar-refractivity contribution in [3.63, 3.8) is 0 Å². The Morgan fingerprint density at radius 3 is 2.54 bits per heavy atom. The number of aliphatic hydroxyl groups is 2. The first-order valence-electron chi connectivity index (χ1n) is 12.9. The zero-order chi connectivity index (χ0) is 28.2. The van der Waals surface area contributed by atoms with Gasteiger partial charge in [0.25, 0.3) is 5.92 Å². The molecular formula is C28H33F5N4O2. The number of fused-ring (bicyclic) bond motifs is 1. The van der Waals surface area contributed by atoms with E-state index in [1.807, 2.05) is 6.07 Å². The molecule has 0 bridgehead atoms. The summed E-state index contributed by atoms with van der Waals surface area (Å²) in [5, 5.41) is 29.4. The predicted molar refractivity (Wildman–Crippen MR) is 137 cm³/mol. The lowest BCUT2D eigenvalue weighted by Crippen LogP contribution is -2.49. The summed E-state index contributed by atoms with van der Waals surface area (Å²) in [6, 6.07) is 5.65. The van der Waals surface area contributed by atoms with Gasteiger partial charge in [-0.3, -0.25) is 14.4 Å². The molecule has 0 radical (unpaired) electrons. The first-order valence-corrected chi connectivity index (χ1v) is 12.9. The third-order valence-corrected chi connectivity index (χ3v) is 7.17. The van der Waals surface area contributed by atoms with Gasteiger partial charge in [0.2, 0.25) is 0 Å². The van der Waals surface area contributed by atoms with Crippen molar-refractivity contribution in [1.29, 1.82) is 0 Å². The van der Waals surface area contributed by atoms with Crippen LogP contribution in [-0.4, -0.2) is 70.2 Å². The van der Waals surface area contributed by atoms with Gasteiger partial charge in [0, 0.05) is 23.4 Å². The maximum atomic E-state index is 15.7. The van der Waals surface area contributed by atoms with Crippen LogP contribution in [0.25, 0.3) is 11.1 Å². The summed E-state index contributed by atoms with van der Waals surface area (Å²) >= 11 is 0. The highest BCUT2D eigenvalue weighted by Gasteiger charge is 2.42. The van der Waals surface area contributed by atoms with Gasteiger partial charge in [-0.2, -0.15) is 5.10 Å². The average molecular weight is 553 g/mol. The van der Waals surface area contributed by atoms with E-state index >= 15 is 8.78 Å². The minimum atomic E-state index is -3.49. The van der Waals surface area contributed by atoms with Crippen molar-refractivity contribution in [2.75, 3.05) is 32.9 Å². The lowest BCUT2D eigenvalue weighted by molar-refractivity contribution is -0.0867. The van der Waals surface area contributed by atoms with Crippen LogP contribution in [0, 0.1) is 11.6 Å². The maximum absolute atomic E-state index is 15.7. The molecule has 11 heteroatoms. The van der Waals surface area contributed by atoms with Crippen molar-refractivity contribution in [2.45, 2.75) is 50.3 Å². The van der Waals surface area contributed by atoms with Crippen LogP contribution >= 0.6 is 0 Å². The number of alkyl halides is 3. The van der Waals surface area contributed by atoms with Crippen LogP contribution < -0.4 is 5.32 Å². The van der Waals surface area contributed by atoms with Crippen LogP contribution in [0.1, 0.15) is 54.2 Å². The Morgan fingerprint density at radius 1 is 1.15 bits per heavy atom. The fourth-order valence-electron chi connectivity index (χ4n) is 5.17. The number of nitrogens with zero attached hydrogens (tertiary/aromatic N) is 2. The molecule has 1 aromatic heterocycles. The minimum Gasteiger partial charge on any atom is -0.390 e. The summed E-state index contributed by atoms with van der Waals surface area (Å²) in [5.41, 5.74) is 2.50. The highest BCUT2D eigenvalue weighted by Crippen LogP contribution is 2.43. The lowest BCUT2D eigenvalue weighted by atomic mass is 9.82. The third-order valence-electron chi connectivity index (χ3n) is 7.17. The van der Waals surface area contributed by atoms with Gasteiger partial charge < -0.3 is 15.5 Å². The second-order valence-corrected chi connectivity index (χ2v) is 10.0. The number of benzene rings is 2. The summed E-state index contributed by atoms with van der Waals surface area (Å²) in [5.74, 6) is -5.41. The standard InChI is InChI=1S/C28H33F5N4O2/c1-17-9-19-10-18(21-13-35-36-14-21)3-4-22(19)27(37(17)15-28(32,33)16-38)26-23(30)11-20(12-24(26)31)25(39)5-8-34-7-2-6-29/h3-4,10-14,17,25,27,34,38-39H,2,5-9,15-16H2,1H3,(H,35,36)/t17-,25?,27+/m1/s1. The Balaban J connectivity index is 1.71. The van der Waals surface area contributed by atoms with E-state index in [0.717, 1.165) is 28.8 Å². The maximum Gasteiger partial charge on any atom is 0.283 e. The van der Waals surface area contributed by atoms with Gasteiger partial charge >= 0.3 is 0 Å². The number of aliphatic hydroxyl groups excluding tert-OH is 2. The van der Waals surface area contributed by atoms with Crippen LogP contribution in [0.3, 0.4) is 0 Å². The molecule has 4 N–H and O–H groups in total. The van der Waals surface area contributed by atoms with Crippen molar-refractivity contribution in [3.05, 3.63) is 76.6 Å². The lowest BCUT2D eigenvalue weighted by Gasteiger charge is -2.43. The Kier molecular flexibility index (Phi) is 9.37. The molecule has 4 rings (SSSR count). The van der Waals surface area contributed by atoms with Crippen LogP contribution in [0.2, 0.25) is 0 Å². The number of nitrogens with one attached hydrogen (secondary N) is 2. The minimum absolute atomic E-state index is 0.0210. The normalized spacial score (nSPS) is 18.8. The molecule has 3 aromatic rings. The van der Waals surface area contributed by atoms with Crippen molar-refractivity contribution in [2.24, 2.45) is 0 Å². The Hall–Kier alpha value is -2.86. The molecule has 1 aliphatic heterocycles. The second-order valence-electron chi connectivity index (χ2n) is 10.0. The first-order chi connectivity index (χ1) is 18.6. The Labute approximate surface area is 223 Å². The highest BCUT2D eigenvalue weighted by atomic mass is 19.3. The van der Waals surface area contributed by atoms with Crippen LogP contribution in [0.15, 0.2) is 42.7 Å². The number of aromatic nitrogens is 2. The fraction of sp³-hybridized carbons (Fsp3) is 0.464. The third kappa shape index (κ3) is 6.66.